The van der Waals surface area contributed by atoms with E-state index < -0.39 is 5.91 Å². The minimum Gasteiger partial charge on any atom is -0.485 e. The monoisotopic (exact) mass is 470 g/mol. The van der Waals surface area contributed by atoms with E-state index in [-0.39, 0.29) is 23.7 Å². The number of ketones is 1. The minimum absolute atomic E-state index is 0.190. The minimum atomic E-state index is -0.646. The number of ether oxygens (including phenoxy) is 1. The average molecular weight is 471 g/mol. The average Bonchev–Trinajstić information content (AvgIpc) is 3.26. The number of benzene rings is 3. The van der Waals surface area contributed by atoms with Crippen LogP contribution in [-0.2, 0) is 6.42 Å². The van der Waals surface area contributed by atoms with Crippen molar-refractivity contribution in [2.45, 2.75) is 6.42 Å². The van der Waals surface area contributed by atoms with Gasteiger partial charge in [0.1, 0.15) is 5.75 Å². The summed E-state index contributed by atoms with van der Waals surface area (Å²) in [7, 11) is 0. The number of carbonyl (C=O) groups excluding carboxylic acids is 2. The molecule has 3 N–H and O–H groups in total. The van der Waals surface area contributed by atoms with Crippen LogP contribution in [0.1, 0.15) is 32.0 Å². The Kier molecular flexibility index (Phi) is 5.69. The zero-order valence-electron chi connectivity index (χ0n) is 17.9. The lowest BCUT2D eigenvalue weighted by Gasteiger charge is -2.11. The van der Waals surface area contributed by atoms with E-state index in [0.717, 1.165) is 32.9 Å². The Hall–Kier alpha value is -4.23. The predicted octanol–water partition coefficient (Wildman–Crippen LogP) is 4.72. The first kappa shape index (κ1) is 21.6. The third-order valence-electron chi connectivity index (χ3n) is 5.58. The number of hydrogen-bond acceptors (Lipinski definition) is 5. The van der Waals surface area contributed by atoms with Crippen LogP contribution in [-0.4, -0.2) is 33.5 Å². The molecule has 0 fully saturated rings. The van der Waals surface area contributed by atoms with Gasteiger partial charge >= 0.3 is 0 Å². The van der Waals surface area contributed by atoms with Gasteiger partial charge < -0.3 is 15.5 Å². The third kappa shape index (κ3) is 4.33. The van der Waals surface area contributed by atoms with Crippen LogP contribution in [0, 0.1) is 0 Å². The Bertz CT molecular complexity index is 1550. The molecule has 34 heavy (non-hydrogen) atoms. The molecule has 0 spiro atoms. The number of nitrogens with two attached hydrogens (primary N) is 1. The van der Waals surface area contributed by atoms with E-state index in [0.29, 0.717) is 17.0 Å². The zero-order valence-corrected chi connectivity index (χ0v) is 18.7. The molecule has 1 amide bonds. The maximum absolute atomic E-state index is 13.0. The second-order valence-corrected chi connectivity index (χ2v) is 8.33. The molecule has 3 aromatic carbocycles. The van der Waals surface area contributed by atoms with E-state index >= 15 is 0 Å². The van der Waals surface area contributed by atoms with Gasteiger partial charge in [-0.15, -0.1) is 0 Å². The summed E-state index contributed by atoms with van der Waals surface area (Å²) in [5, 5.41) is 10.9. The second kappa shape index (κ2) is 8.96. The van der Waals surface area contributed by atoms with Gasteiger partial charge in [-0.1, -0.05) is 29.8 Å². The first-order chi connectivity index (χ1) is 16.5. The van der Waals surface area contributed by atoms with Crippen molar-refractivity contribution in [3.8, 4) is 5.75 Å². The highest BCUT2D eigenvalue weighted by atomic mass is 35.5. The van der Waals surface area contributed by atoms with E-state index in [2.05, 4.69) is 15.2 Å². The molecule has 0 saturated carbocycles. The number of hydrogen-bond donors (Lipinski definition) is 2. The Morgan fingerprint density at radius 3 is 2.68 bits per heavy atom. The van der Waals surface area contributed by atoms with Gasteiger partial charge in [0.05, 0.1) is 11.3 Å². The number of carbonyl (C=O) groups is 2. The maximum Gasteiger partial charge on any atom is 0.252 e. The van der Waals surface area contributed by atoms with Crippen LogP contribution in [0.25, 0.3) is 21.7 Å². The van der Waals surface area contributed by atoms with E-state index in [9.17, 15) is 9.59 Å². The van der Waals surface area contributed by atoms with Crippen LogP contribution in [0.3, 0.4) is 0 Å². The quantitative estimate of drug-likeness (QED) is 0.334. The summed E-state index contributed by atoms with van der Waals surface area (Å²) in [4.78, 5) is 28.1. The zero-order chi connectivity index (χ0) is 23.7. The molecule has 0 atom stereocenters. The normalized spacial score (nSPS) is 11.1. The molecule has 5 aromatic rings. The summed E-state index contributed by atoms with van der Waals surface area (Å²) in [5.74, 6) is -0.617. The standard InChI is InChI=1S/C26H19ClN4O3/c27-18-5-4-16-12-25(21(26(28)33)11-17(16)10-18)34-14-24(32)22-13-29-23-9-15(3-6-20(22)23)8-19-2-1-7-30-31-19/h1-7,9-13,29H,8,14H2,(H2,28,33). The smallest absolute Gasteiger partial charge is 0.252 e. The highest BCUT2D eigenvalue weighted by molar-refractivity contribution is 6.31. The maximum atomic E-state index is 13.0. The second-order valence-electron chi connectivity index (χ2n) is 7.89. The van der Waals surface area contributed by atoms with Gasteiger partial charge in [-0.3, -0.25) is 9.59 Å². The van der Waals surface area contributed by atoms with E-state index in [1.54, 1.807) is 36.7 Å². The fraction of sp³-hybridized carbons (Fsp3) is 0.0769. The lowest BCUT2D eigenvalue weighted by molar-refractivity contribution is 0.0914. The topological polar surface area (TPSA) is 111 Å². The Labute approximate surface area is 199 Å². The van der Waals surface area contributed by atoms with Crippen molar-refractivity contribution < 1.29 is 14.3 Å². The Morgan fingerprint density at radius 2 is 1.88 bits per heavy atom. The molecule has 2 heterocycles. The molecular formula is C26H19ClN4O3. The van der Waals surface area contributed by atoms with Gasteiger partial charge in [0, 0.05) is 40.3 Å². The molecule has 0 aliphatic carbocycles. The van der Waals surface area contributed by atoms with Crippen LogP contribution in [0.4, 0.5) is 0 Å². The van der Waals surface area contributed by atoms with E-state index in [1.165, 1.54) is 0 Å². The first-order valence-corrected chi connectivity index (χ1v) is 10.9. The van der Waals surface area contributed by atoms with Crippen LogP contribution in [0.15, 0.2) is 73.1 Å². The third-order valence-corrected chi connectivity index (χ3v) is 5.82. The summed E-state index contributed by atoms with van der Waals surface area (Å²) in [5.41, 5.74) is 8.99. The molecule has 0 saturated heterocycles. The van der Waals surface area contributed by atoms with Crippen LogP contribution in [0.2, 0.25) is 5.02 Å². The van der Waals surface area contributed by atoms with Gasteiger partial charge in [-0.05, 0) is 58.8 Å². The largest absolute Gasteiger partial charge is 0.485 e. The summed E-state index contributed by atoms with van der Waals surface area (Å²) in [6, 6.07) is 18.2. The predicted molar refractivity (Wildman–Crippen MR) is 130 cm³/mol. The Balaban J connectivity index is 1.37. The Morgan fingerprint density at radius 1 is 1.00 bits per heavy atom. The molecule has 0 aliphatic rings. The van der Waals surface area contributed by atoms with Crippen LogP contribution in [0.5, 0.6) is 5.75 Å². The van der Waals surface area contributed by atoms with Crippen LogP contribution >= 0.6 is 11.6 Å². The summed E-state index contributed by atoms with van der Waals surface area (Å²) < 4.78 is 5.76. The summed E-state index contributed by atoms with van der Waals surface area (Å²) in [6.45, 7) is -0.242. The number of rotatable bonds is 7. The van der Waals surface area contributed by atoms with Crippen LogP contribution < -0.4 is 10.5 Å². The molecule has 0 aliphatic heterocycles. The van der Waals surface area contributed by atoms with Crippen molar-refractivity contribution in [2.24, 2.45) is 5.73 Å². The van der Waals surface area contributed by atoms with Gasteiger partial charge in [0.25, 0.3) is 5.91 Å². The summed E-state index contributed by atoms with van der Waals surface area (Å²) in [6.07, 6.45) is 3.94. The highest BCUT2D eigenvalue weighted by Crippen LogP contribution is 2.29. The highest BCUT2D eigenvalue weighted by Gasteiger charge is 2.17. The number of halogens is 1. The van der Waals surface area contributed by atoms with Gasteiger partial charge in [0.2, 0.25) is 5.78 Å². The number of nitrogens with one attached hydrogen (secondary N) is 1. The van der Waals surface area contributed by atoms with Gasteiger partial charge in [-0.25, -0.2) is 0 Å². The fourth-order valence-corrected chi connectivity index (χ4v) is 4.11. The number of primary amides is 1. The number of fused-ring (bicyclic) bond motifs is 2. The number of nitrogens with zero attached hydrogens (tertiary/aromatic N) is 2. The van der Waals surface area contributed by atoms with Crippen molar-refractivity contribution in [3.05, 3.63) is 100 Å². The molecule has 8 heteroatoms. The molecule has 0 radical (unpaired) electrons. The van der Waals surface area contributed by atoms with Crippen molar-refractivity contribution in [1.82, 2.24) is 15.2 Å². The molecular weight excluding hydrogens is 452 g/mol. The molecule has 0 unspecified atom stereocenters. The van der Waals surface area contributed by atoms with Gasteiger partial charge in [-0.2, -0.15) is 10.2 Å². The number of amides is 1. The fourth-order valence-electron chi connectivity index (χ4n) is 3.93. The van der Waals surface area contributed by atoms with E-state index in [4.69, 9.17) is 22.1 Å². The number of H-pyrrole nitrogens is 1. The number of Topliss-reactive ketones (excluding diaryl/α,β-unsaturated/α-hetero) is 1. The van der Waals surface area contributed by atoms with Gasteiger partial charge in [0.15, 0.2) is 6.61 Å². The molecule has 7 nitrogen and oxygen atoms in total. The lowest BCUT2D eigenvalue weighted by Crippen LogP contribution is -2.16. The molecule has 5 rings (SSSR count). The molecule has 168 valence electrons. The van der Waals surface area contributed by atoms with Crippen molar-refractivity contribution in [2.75, 3.05) is 6.61 Å². The first-order valence-electron chi connectivity index (χ1n) is 10.5. The van der Waals surface area contributed by atoms with Crippen molar-refractivity contribution in [3.63, 3.8) is 0 Å². The SMILES string of the molecule is NC(=O)c1cc2cc(Cl)ccc2cc1OCC(=O)c1c[nH]c2cc(Cc3cccnn3)ccc12. The van der Waals surface area contributed by atoms with Crippen molar-refractivity contribution in [1.29, 1.82) is 0 Å². The molecule has 2 aromatic heterocycles. The number of aromatic amines is 1. The van der Waals surface area contributed by atoms with E-state index in [1.807, 2.05) is 36.4 Å². The van der Waals surface area contributed by atoms with Crippen molar-refractivity contribution >= 4 is 45.0 Å². The summed E-state index contributed by atoms with van der Waals surface area (Å²) >= 11 is 6.05. The lowest BCUT2D eigenvalue weighted by atomic mass is 10.0. The molecule has 0 bridgehead atoms. The number of aromatic nitrogens is 3.